The molecule has 0 aromatic carbocycles. The number of hydrogen-bond donors (Lipinski definition) is 1. The van der Waals surface area contributed by atoms with Gasteiger partial charge in [0.1, 0.15) is 19.3 Å². The quantitative estimate of drug-likeness (QED) is 0.0213. The highest BCUT2D eigenvalue weighted by atomic mass is 31.2. The largest absolute Gasteiger partial charge is 0.472 e. The number of allylic oxidation sites excluding steroid dienone is 12. The Labute approximate surface area is 414 Å². The highest BCUT2D eigenvalue weighted by Gasteiger charge is 2.26. The van der Waals surface area contributed by atoms with Crippen LogP contribution in [0.3, 0.4) is 0 Å². The molecule has 2 unspecified atom stereocenters. The number of esters is 1. The fourth-order valence-corrected chi connectivity index (χ4v) is 8.19. The minimum absolute atomic E-state index is 0.0816. The van der Waals surface area contributed by atoms with Gasteiger partial charge in [-0.1, -0.05) is 209 Å². The van der Waals surface area contributed by atoms with Crippen molar-refractivity contribution in [1.82, 2.24) is 0 Å². The van der Waals surface area contributed by atoms with Crippen LogP contribution >= 0.6 is 7.82 Å². The average Bonchev–Trinajstić information content (AvgIpc) is 3.29. The summed E-state index contributed by atoms with van der Waals surface area (Å²) in [5.74, 6) is -0.325. The topological polar surface area (TPSA) is 91.3 Å². The molecule has 0 aliphatic heterocycles. The molecule has 2 atom stereocenters. The number of ether oxygens (including phenoxy) is 2. The van der Waals surface area contributed by atoms with E-state index in [1.54, 1.807) is 0 Å². The van der Waals surface area contributed by atoms with Crippen LogP contribution < -0.4 is 0 Å². The third-order valence-electron chi connectivity index (χ3n) is 11.7. The lowest BCUT2D eigenvalue weighted by Crippen LogP contribution is -2.37. The summed E-state index contributed by atoms with van der Waals surface area (Å²) in [5, 5.41) is 0. The monoisotopic (exact) mass is 961 g/mol. The van der Waals surface area contributed by atoms with Crippen LogP contribution in [-0.2, 0) is 27.9 Å². The van der Waals surface area contributed by atoms with Crippen molar-refractivity contribution in [2.24, 2.45) is 0 Å². The lowest BCUT2D eigenvalue weighted by atomic mass is 10.1. The number of unbranched alkanes of at least 4 members (excludes halogenated alkanes) is 25. The van der Waals surface area contributed by atoms with Gasteiger partial charge >= 0.3 is 13.8 Å². The first kappa shape index (κ1) is 64.9. The number of phosphoric acid groups is 1. The van der Waals surface area contributed by atoms with E-state index in [-0.39, 0.29) is 25.8 Å². The van der Waals surface area contributed by atoms with E-state index < -0.39 is 13.9 Å². The fraction of sp³-hybridized carbons (Fsp3) is 0.776. The fourth-order valence-electron chi connectivity index (χ4n) is 7.45. The van der Waals surface area contributed by atoms with Crippen LogP contribution in [0.15, 0.2) is 72.9 Å². The molecule has 8 nitrogen and oxygen atoms in total. The summed E-state index contributed by atoms with van der Waals surface area (Å²) >= 11 is 0. The lowest BCUT2D eigenvalue weighted by Gasteiger charge is -2.24. The molecule has 0 radical (unpaired) electrons. The average molecular weight is 961 g/mol. The Morgan fingerprint density at radius 3 is 1.22 bits per heavy atom. The first-order valence-electron chi connectivity index (χ1n) is 27.7. The molecular weight excluding hydrogens is 854 g/mol. The Hall–Kier alpha value is -2.06. The van der Waals surface area contributed by atoms with E-state index in [1.165, 1.54) is 141 Å². The SMILES string of the molecule is CCCCCCC/C=C\C/C=C\C/C=C\CCCCCCCCCCC(=O)OC(COCCCCCCCCC/C=C\C/C=C\C/C=C\CCCCCCC)COP(=O)(O)OCC[N+](C)(C)C. The summed E-state index contributed by atoms with van der Waals surface area (Å²) in [6, 6.07) is 0. The minimum atomic E-state index is -4.29. The van der Waals surface area contributed by atoms with Gasteiger partial charge in [-0.3, -0.25) is 13.8 Å². The molecule has 0 heterocycles. The van der Waals surface area contributed by atoms with Crippen molar-refractivity contribution in [1.29, 1.82) is 0 Å². The van der Waals surface area contributed by atoms with Gasteiger partial charge < -0.3 is 18.9 Å². The summed E-state index contributed by atoms with van der Waals surface area (Å²) in [6.07, 6.45) is 66.6. The van der Waals surface area contributed by atoms with Gasteiger partial charge in [-0.15, -0.1) is 0 Å². The molecule has 67 heavy (non-hydrogen) atoms. The minimum Gasteiger partial charge on any atom is -0.457 e. The van der Waals surface area contributed by atoms with Crippen LogP contribution in [0.25, 0.3) is 0 Å². The van der Waals surface area contributed by atoms with Gasteiger partial charge in [0.05, 0.1) is 34.4 Å². The number of carbonyl (C=O) groups excluding carboxylic acids is 1. The second-order valence-corrected chi connectivity index (χ2v) is 21.1. The molecule has 0 rings (SSSR count). The number of rotatable bonds is 51. The van der Waals surface area contributed by atoms with Crippen LogP contribution in [0.4, 0.5) is 0 Å². The van der Waals surface area contributed by atoms with Crippen molar-refractivity contribution in [2.75, 3.05) is 54.1 Å². The zero-order valence-electron chi connectivity index (χ0n) is 44.4. The summed E-state index contributed by atoms with van der Waals surface area (Å²) in [6.45, 7) is 5.58. The number of hydrogen-bond acceptors (Lipinski definition) is 6. The smallest absolute Gasteiger partial charge is 0.457 e. The third kappa shape index (κ3) is 54.7. The summed E-state index contributed by atoms with van der Waals surface area (Å²) in [5.41, 5.74) is 0. The molecule has 0 amide bonds. The maximum Gasteiger partial charge on any atom is 0.472 e. The van der Waals surface area contributed by atoms with Crippen LogP contribution in [-0.4, -0.2) is 75.6 Å². The van der Waals surface area contributed by atoms with Gasteiger partial charge in [0.25, 0.3) is 0 Å². The number of nitrogens with zero attached hydrogens (tertiary/aromatic N) is 1. The maximum absolute atomic E-state index is 12.8. The van der Waals surface area contributed by atoms with E-state index in [0.29, 0.717) is 24.1 Å². The van der Waals surface area contributed by atoms with Gasteiger partial charge in [0.2, 0.25) is 0 Å². The van der Waals surface area contributed by atoms with Crippen molar-refractivity contribution in [3.8, 4) is 0 Å². The van der Waals surface area contributed by atoms with Crippen molar-refractivity contribution in [2.45, 2.75) is 238 Å². The predicted octanol–water partition coefficient (Wildman–Crippen LogP) is 17.4. The molecule has 0 aromatic heterocycles. The van der Waals surface area contributed by atoms with Crippen molar-refractivity contribution >= 4 is 13.8 Å². The van der Waals surface area contributed by atoms with Gasteiger partial charge in [-0.25, -0.2) is 4.57 Å². The molecule has 0 aromatic rings. The highest BCUT2D eigenvalue weighted by Crippen LogP contribution is 2.43. The van der Waals surface area contributed by atoms with Crippen molar-refractivity contribution in [3.05, 3.63) is 72.9 Å². The molecule has 0 saturated carbocycles. The van der Waals surface area contributed by atoms with E-state index >= 15 is 0 Å². The van der Waals surface area contributed by atoms with E-state index in [4.69, 9.17) is 18.5 Å². The van der Waals surface area contributed by atoms with Gasteiger partial charge in [-0.05, 0) is 89.9 Å². The molecule has 0 fully saturated rings. The second kappa shape index (κ2) is 50.3. The normalized spacial score (nSPS) is 14.1. The molecule has 0 saturated heterocycles. The van der Waals surface area contributed by atoms with Crippen LogP contribution in [0.1, 0.15) is 232 Å². The Kier molecular flexibility index (Phi) is 48.8. The molecule has 390 valence electrons. The second-order valence-electron chi connectivity index (χ2n) is 19.6. The van der Waals surface area contributed by atoms with Gasteiger partial charge in [0, 0.05) is 13.0 Å². The zero-order chi connectivity index (χ0) is 49.0. The van der Waals surface area contributed by atoms with Crippen LogP contribution in [0, 0.1) is 0 Å². The maximum atomic E-state index is 12.8. The Balaban J connectivity index is 4.17. The Bertz CT molecular complexity index is 1300. The van der Waals surface area contributed by atoms with Crippen molar-refractivity contribution in [3.63, 3.8) is 0 Å². The summed E-state index contributed by atoms with van der Waals surface area (Å²) in [7, 11) is 1.65. The molecule has 0 aliphatic carbocycles. The van der Waals surface area contributed by atoms with E-state index in [9.17, 15) is 14.3 Å². The van der Waals surface area contributed by atoms with Gasteiger partial charge in [0.15, 0.2) is 0 Å². The molecule has 9 heteroatoms. The van der Waals surface area contributed by atoms with Gasteiger partial charge in [-0.2, -0.15) is 0 Å². The van der Waals surface area contributed by atoms with E-state index in [0.717, 1.165) is 70.6 Å². The number of carbonyl (C=O) groups is 1. The number of quaternary nitrogens is 1. The first-order valence-corrected chi connectivity index (χ1v) is 29.2. The van der Waals surface area contributed by atoms with E-state index in [1.807, 2.05) is 21.1 Å². The number of likely N-dealkylation sites (N-methyl/N-ethyl adjacent to an activating group) is 1. The van der Waals surface area contributed by atoms with E-state index in [2.05, 4.69) is 86.8 Å². The predicted molar refractivity (Wildman–Crippen MR) is 288 cm³/mol. The summed E-state index contributed by atoms with van der Waals surface area (Å²) < 4.78 is 35.2. The standard InChI is InChI=1S/C58H106NO7P/c1-6-8-10-12-14-16-18-20-22-24-26-28-30-31-33-35-37-39-41-43-45-47-49-51-58(60)66-57(56-65-67(61,62)64-54-52-59(3,4)5)55-63-53-50-48-46-44-42-40-38-36-34-32-29-27-25-23-21-19-17-15-13-11-9-7-2/h18-21,24-27,30-32,34,57H,6-17,22-23,28-29,33,35-56H2,1-5H3/p+1/b20-18-,21-19-,26-24-,27-25-,31-30-,34-32-. The number of phosphoric ester groups is 1. The molecule has 0 aliphatic rings. The first-order chi connectivity index (χ1) is 32.6. The molecule has 0 spiro atoms. The summed E-state index contributed by atoms with van der Waals surface area (Å²) in [4.78, 5) is 23.1. The molecule has 1 N–H and O–H groups in total. The van der Waals surface area contributed by atoms with Crippen molar-refractivity contribution < 1.29 is 37.3 Å². The molecule has 0 bridgehead atoms. The van der Waals surface area contributed by atoms with Crippen LogP contribution in [0.2, 0.25) is 0 Å². The van der Waals surface area contributed by atoms with Crippen LogP contribution in [0.5, 0.6) is 0 Å². The zero-order valence-corrected chi connectivity index (χ0v) is 45.3. The Morgan fingerprint density at radius 2 is 0.821 bits per heavy atom. The third-order valence-corrected chi connectivity index (χ3v) is 12.7. The lowest BCUT2D eigenvalue weighted by molar-refractivity contribution is -0.870. The Morgan fingerprint density at radius 1 is 0.463 bits per heavy atom. The molecular formula is C58H107NO7P+. The highest BCUT2D eigenvalue weighted by molar-refractivity contribution is 7.47.